The quantitative estimate of drug-likeness (QED) is 0.608. The second-order valence-electron chi connectivity index (χ2n) is 6.53. The molecule has 0 aliphatic carbocycles. The Hall–Kier alpha value is -1.53. The van der Waals surface area contributed by atoms with Crippen LogP contribution in [0.4, 0.5) is 0 Å². The largest absolute Gasteiger partial charge is 0.454 e. The Morgan fingerprint density at radius 2 is 2.12 bits per heavy atom. The number of fused-ring (bicyclic) bond motifs is 1. The van der Waals surface area contributed by atoms with Crippen molar-refractivity contribution in [1.82, 2.24) is 15.5 Å². The topological polar surface area (TPSA) is 45.8 Å². The predicted molar refractivity (Wildman–Crippen MR) is 99.5 cm³/mol. The summed E-state index contributed by atoms with van der Waals surface area (Å²) in [6, 6.07) is 6.70. The summed E-state index contributed by atoms with van der Waals surface area (Å²) in [4.78, 5) is 2.59. The Morgan fingerprint density at radius 1 is 1.25 bits per heavy atom. The summed E-state index contributed by atoms with van der Waals surface area (Å²) in [5, 5.41) is 7.25. The van der Waals surface area contributed by atoms with E-state index in [2.05, 4.69) is 22.5 Å². The second-order valence-corrected chi connectivity index (χ2v) is 6.94. The van der Waals surface area contributed by atoms with E-state index in [4.69, 9.17) is 21.7 Å². The van der Waals surface area contributed by atoms with Crippen LogP contribution in [0, 0.1) is 0 Å². The number of hydrogen-bond donors (Lipinski definition) is 2. The highest BCUT2D eigenvalue weighted by molar-refractivity contribution is 7.80. The molecule has 0 radical (unpaired) electrons. The molecule has 6 heteroatoms. The number of benzene rings is 1. The van der Waals surface area contributed by atoms with Gasteiger partial charge in [-0.25, -0.2) is 0 Å². The Labute approximate surface area is 149 Å². The van der Waals surface area contributed by atoms with E-state index in [0.29, 0.717) is 18.5 Å². The average molecular weight is 350 g/mol. The first-order valence-electron chi connectivity index (χ1n) is 8.86. The molecule has 2 aliphatic heterocycles. The highest BCUT2D eigenvalue weighted by Gasteiger charge is 2.17. The van der Waals surface area contributed by atoms with Gasteiger partial charge in [0.15, 0.2) is 16.6 Å². The van der Waals surface area contributed by atoms with Crippen molar-refractivity contribution in [3.05, 3.63) is 23.8 Å². The molecule has 24 heavy (non-hydrogen) atoms. The maximum atomic E-state index is 5.39. The SMILES string of the molecule is C[C@H]1CCCCN1CCCNC(=S)NCc1ccc2c(c1)OCO2. The molecule has 2 aliphatic rings. The van der Waals surface area contributed by atoms with Gasteiger partial charge in [0.25, 0.3) is 0 Å². The number of rotatable bonds is 6. The lowest BCUT2D eigenvalue weighted by atomic mass is 10.0. The highest BCUT2D eigenvalue weighted by atomic mass is 32.1. The fourth-order valence-corrected chi connectivity index (χ4v) is 3.44. The molecule has 1 saturated heterocycles. The zero-order chi connectivity index (χ0) is 16.8. The Morgan fingerprint density at radius 3 is 3.00 bits per heavy atom. The molecule has 0 bridgehead atoms. The molecule has 1 aromatic carbocycles. The summed E-state index contributed by atoms with van der Waals surface area (Å²) in [6.07, 6.45) is 5.18. The Balaban J connectivity index is 1.31. The van der Waals surface area contributed by atoms with Crippen LogP contribution in [0.5, 0.6) is 11.5 Å². The standard InChI is InChI=1S/C18H27N3O2S/c1-14-5-2-3-9-21(14)10-4-8-19-18(24)20-12-15-6-7-16-17(11-15)23-13-22-16/h6-7,11,14H,2-5,8-10,12-13H2,1H3,(H2,19,20,24)/t14-/m0/s1. The van der Waals surface area contributed by atoms with Crippen LogP contribution in [0.15, 0.2) is 18.2 Å². The minimum Gasteiger partial charge on any atom is -0.454 e. The van der Waals surface area contributed by atoms with Crippen LogP contribution in [0.2, 0.25) is 0 Å². The summed E-state index contributed by atoms with van der Waals surface area (Å²) in [6.45, 7) is 6.64. The molecule has 1 fully saturated rings. The average Bonchev–Trinajstić information content (AvgIpc) is 3.06. The van der Waals surface area contributed by atoms with Crippen molar-refractivity contribution in [2.24, 2.45) is 0 Å². The molecule has 0 unspecified atom stereocenters. The van der Waals surface area contributed by atoms with Crippen molar-refractivity contribution in [2.45, 2.75) is 45.2 Å². The highest BCUT2D eigenvalue weighted by Crippen LogP contribution is 2.32. The van der Waals surface area contributed by atoms with E-state index in [0.717, 1.165) is 42.6 Å². The number of piperidine rings is 1. The van der Waals surface area contributed by atoms with Crippen LogP contribution in [-0.2, 0) is 6.54 Å². The zero-order valence-electron chi connectivity index (χ0n) is 14.3. The first kappa shape index (κ1) is 17.3. The molecule has 0 aromatic heterocycles. The normalized spacial score (nSPS) is 20.0. The lowest BCUT2D eigenvalue weighted by molar-refractivity contribution is 0.159. The molecule has 132 valence electrons. The number of nitrogens with one attached hydrogen (secondary N) is 2. The maximum absolute atomic E-state index is 5.39. The zero-order valence-corrected chi connectivity index (χ0v) is 15.2. The number of hydrogen-bond acceptors (Lipinski definition) is 4. The minimum absolute atomic E-state index is 0.307. The van der Waals surface area contributed by atoms with Crippen molar-refractivity contribution in [2.75, 3.05) is 26.4 Å². The first-order chi connectivity index (χ1) is 11.7. The van der Waals surface area contributed by atoms with E-state index in [9.17, 15) is 0 Å². The lowest BCUT2D eigenvalue weighted by Gasteiger charge is -2.33. The molecule has 0 spiro atoms. The van der Waals surface area contributed by atoms with Crippen LogP contribution < -0.4 is 20.1 Å². The third-order valence-electron chi connectivity index (χ3n) is 4.74. The van der Waals surface area contributed by atoms with Crippen molar-refractivity contribution in [3.63, 3.8) is 0 Å². The molecule has 5 nitrogen and oxygen atoms in total. The number of thiocarbonyl (C=S) groups is 1. The van der Waals surface area contributed by atoms with Crippen LogP contribution in [0.1, 0.15) is 38.2 Å². The Bertz CT molecular complexity index is 567. The number of likely N-dealkylation sites (tertiary alicyclic amines) is 1. The van der Waals surface area contributed by atoms with Gasteiger partial charge in [0.2, 0.25) is 6.79 Å². The summed E-state index contributed by atoms with van der Waals surface area (Å²) in [7, 11) is 0. The summed E-state index contributed by atoms with van der Waals surface area (Å²) in [5.74, 6) is 1.62. The van der Waals surface area contributed by atoms with Gasteiger partial charge >= 0.3 is 0 Å². The number of nitrogens with zero attached hydrogens (tertiary/aromatic N) is 1. The van der Waals surface area contributed by atoms with Crippen molar-refractivity contribution in [3.8, 4) is 11.5 Å². The molecule has 1 atom stereocenters. The van der Waals surface area contributed by atoms with Gasteiger partial charge in [-0.1, -0.05) is 12.5 Å². The predicted octanol–water partition coefficient (Wildman–Crippen LogP) is 2.64. The van der Waals surface area contributed by atoms with Gasteiger partial charge in [-0.15, -0.1) is 0 Å². The smallest absolute Gasteiger partial charge is 0.231 e. The van der Waals surface area contributed by atoms with Gasteiger partial charge in [-0.2, -0.15) is 0 Å². The van der Waals surface area contributed by atoms with E-state index < -0.39 is 0 Å². The molecule has 1 aromatic rings. The van der Waals surface area contributed by atoms with E-state index in [-0.39, 0.29) is 0 Å². The van der Waals surface area contributed by atoms with Gasteiger partial charge < -0.3 is 25.0 Å². The molecule has 2 heterocycles. The van der Waals surface area contributed by atoms with Gasteiger partial charge in [-0.05, 0) is 62.6 Å². The minimum atomic E-state index is 0.307. The molecular formula is C18H27N3O2S. The fraction of sp³-hybridized carbons (Fsp3) is 0.611. The van der Waals surface area contributed by atoms with E-state index >= 15 is 0 Å². The lowest BCUT2D eigenvalue weighted by Crippen LogP contribution is -2.40. The third-order valence-corrected chi connectivity index (χ3v) is 5.03. The third kappa shape index (κ3) is 4.74. The van der Waals surface area contributed by atoms with Crippen molar-refractivity contribution < 1.29 is 9.47 Å². The second kappa shape index (κ2) is 8.53. The van der Waals surface area contributed by atoms with Crippen molar-refractivity contribution in [1.29, 1.82) is 0 Å². The fourth-order valence-electron chi connectivity index (χ4n) is 3.27. The molecule has 3 rings (SSSR count). The number of ether oxygens (including phenoxy) is 2. The maximum Gasteiger partial charge on any atom is 0.231 e. The van der Waals surface area contributed by atoms with E-state index in [1.165, 1.54) is 25.8 Å². The van der Waals surface area contributed by atoms with Crippen LogP contribution in [0.3, 0.4) is 0 Å². The first-order valence-corrected chi connectivity index (χ1v) is 9.27. The summed E-state index contributed by atoms with van der Waals surface area (Å²) in [5.41, 5.74) is 1.13. The molecule has 0 amide bonds. The van der Waals surface area contributed by atoms with Gasteiger partial charge in [0, 0.05) is 25.7 Å². The molecular weight excluding hydrogens is 322 g/mol. The van der Waals surface area contributed by atoms with Gasteiger partial charge in [0.1, 0.15) is 0 Å². The summed E-state index contributed by atoms with van der Waals surface area (Å²) < 4.78 is 10.7. The molecule has 0 saturated carbocycles. The van der Waals surface area contributed by atoms with Crippen molar-refractivity contribution >= 4 is 17.3 Å². The van der Waals surface area contributed by atoms with E-state index in [1.807, 2.05) is 18.2 Å². The van der Waals surface area contributed by atoms with Crippen LogP contribution in [0.25, 0.3) is 0 Å². The monoisotopic (exact) mass is 349 g/mol. The van der Waals surface area contributed by atoms with E-state index in [1.54, 1.807) is 0 Å². The van der Waals surface area contributed by atoms with Crippen LogP contribution >= 0.6 is 12.2 Å². The van der Waals surface area contributed by atoms with Crippen LogP contribution in [-0.4, -0.2) is 42.5 Å². The van der Waals surface area contributed by atoms with Gasteiger partial charge in [-0.3, -0.25) is 0 Å². The molecule has 2 N–H and O–H groups in total. The van der Waals surface area contributed by atoms with Gasteiger partial charge in [0.05, 0.1) is 0 Å². The Kier molecular flexibility index (Phi) is 6.15. The summed E-state index contributed by atoms with van der Waals surface area (Å²) >= 11 is 5.35.